The molecule has 2 rings (SSSR count). The molecule has 0 amide bonds. The van der Waals surface area contributed by atoms with Gasteiger partial charge < -0.3 is 5.32 Å². The smallest absolute Gasteiger partial charge is 0.00453 e. The van der Waals surface area contributed by atoms with E-state index in [0.717, 1.165) is 17.8 Å². The largest absolute Gasteiger partial charge is 0.314 e. The van der Waals surface area contributed by atoms with Gasteiger partial charge in [-0.2, -0.15) is 0 Å². The van der Waals surface area contributed by atoms with E-state index < -0.39 is 0 Å². The van der Waals surface area contributed by atoms with Crippen LogP contribution < -0.4 is 5.32 Å². The lowest BCUT2D eigenvalue weighted by atomic mass is 9.71. The van der Waals surface area contributed by atoms with Crippen molar-refractivity contribution in [3.63, 3.8) is 0 Å². The molecule has 3 atom stereocenters. The normalized spacial score (nSPS) is 26.4. The summed E-state index contributed by atoms with van der Waals surface area (Å²) in [6.45, 7) is 8.10. The van der Waals surface area contributed by atoms with Crippen LogP contribution in [0.15, 0.2) is 17.5 Å². The maximum absolute atomic E-state index is 3.69. The molecule has 120 valence electrons. The van der Waals surface area contributed by atoms with Crippen molar-refractivity contribution in [2.75, 3.05) is 6.54 Å². The zero-order valence-corrected chi connectivity index (χ0v) is 14.9. The summed E-state index contributed by atoms with van der Waals surface area (Å²) in [6.07, 6.45) is 9.87. The van der Waals surface area contributed by atoms with Crippen LogP contribution in [-0.4, -0.2) is 12.6 Å². The molecular formula is C19H33NS. The van der Waals surface area contributed by atoms with Crippen molar-refractivity contribution >= 4 is 11.3 Å². The van der Waals surface area contributed by atoms with E-state index in [2.05, 4.69) is 43.6 Å². The van der Waals surface area contributed by atoms with E-state index in [0.29, 0.717) is 6.04 Å². The highest BCUT2D eigenvalue weighted by atomic mass is 32.1. The van der Waals surface area contributed by atoms with Crippen molar-refractivity contribution in [1.29, 1.82) is 0 Å². The molecule has 2 heteroatoms. The quantitative estimate of drug-likeness (QED) is 0.667. The van der Waals surface area contributed by atoms with Crippen LogP contribution in [0.5, 0.6) is 0 Å². The van der Waals surface area contributed by atoms with Gasteiger partial charge in [-0.15, -0.1) is 11.3 Å². The Balaban J connectivity index is 1.87. The molecule has 0 aromatic carbocycles. The Morgan fingerprint density at radius 3 is 2.76 bits per heavy atom. The Morgan fingerprint density at radius 2 is 2.10 bits per heavy atom. The standard InChI is InChI=1S/C19H33NS/c1-4-6-16-8-9-18(14-20-15(2)3)17(13-16)10-11-19-7-5-12-21-19/h5,7,12,15-18,20H,4,6,8-11,13-14H2,1-3H3. The van der Waals surface area contributed by atoms with Gasteiger partial charge in [-0.05, 0) is 61.4 Å². The van der Waals surface area contributed by atoms with Crippen molar-refractivity contribution in [3.8, 4) is 0 Å². The van der Waals surface area contributed by atoms with Crippen molar-refractivity contribution in [1.82, 2.24) is 5.32 Å². The maximum atomic E-state index is 3.69. The van der Waals surface area contributed by atoms with E-state index in [1.54, 1.807) is 4.88 Å². The molecule has 1 heterocycles. The first-order valence-electron chi connectivity index (χ1n) is 8.94. The van der Waals surface area contributed by atoms with Crippen LogP contribution >= 0.6 is 11.3 Å². The molecule has 0 saturated heterocycles. The van der Waals surface area contributed by atoms with Gasteiger partial charge in [-0.1, -0.05) is 46.1 Å². The number of rotatable bonds is 8. The molecule has 0 aliphatic heterocycles. The number of hydrogen-bond acceptors (Lipinski definition) is 2. The second kappa shape index (κ2) is 8.95. The summed E-state index contributed by atoms with van der Waals surface area (Å²) in [4.78, 5) is 1.57. The molecule has 21 heavy (non-hydrogen) atoms. The minimum Gasteiger partial charge on any atom is -0.314 e. The van der Waals surface area contributed by atoms with E-state index in [9.17, 15) is 0 Å². The van der Waals surface area contributed by atoms with Gasteiger partial charge in [-0.25, -0.2) is 0 Å². The third-order valence-electron chi connectivity index (χ3n) is 5.08. The maximum Gasteiger partial charge on any atom is 0.00453 e. The first-order valence-corrected chi connectivity index (χ1v) is 9.82. The summed E-state index contributed by atoms with van der Waals surface area (Å²) in [6, 6.07) is 5.12. The molecule has 1 fully saturated rings. The van der Waals surface area contributed by atoms with Crippen LogP contribution in [-0.2, 0) is 6.42 Å². The lowest BCUT2D eigenvalue weighted by molar-refractivity contribution is 0.158. The van der Waals surface area contributed by atoms with E-state index in [1.807, 2.05) is 11.3 Å². The Bertz CT molecular complexity index is 371. The predicted octanol–water partition coefficient (Wildman–Crippen LogP) is 5.51. The van der Waals surface area contributed by atoms with Gasteiger partial charge in [0.2, 0.25) is 0 Å². The zero-order chi connectivity index (χ0) is 15.1. The van der Waals surface area contributed by atoms with Crippen molar-refractivity contribution < 1.29 is 0 Å². The summed E-state index contributed by atoms with van der Waals surface area (Å²) in [7, 11) is 0. The monoisotopic (exact) mass is 307 g/mol. The predicted molar refractivity (Wildman–Crippen MR) is 95.0 cm³/mol. The molecule has 1 N–H and O–H groups in total. The molecule has 0 radical (unpaired) electrons. The molecule has 1 aromatic rings. The lowest BCUT2D eigenvalue weighted by Crippen LogP contribution is -2.36. The average molecular weight is 308 g/mol. The second-order valence-electron chi connectivity index (χ2n) is 7.17. The number of aryl methyl sites for hydroxylation is 1. The average Bonchev–Trinajstić information content (AvgIpc) is 2.97. The van der Waals surface area contributed by atoms with Gasteiger partial charge in [-0.3, -0.25) is 0 Å². The van der Waals surface area contributed by atoms with Crippen LogP contribution in [0.4, 0.5) is 0 Å². The minimum absolute atomic E-state index is 0.622. The fourth-order valence-electron chi connectivity index (χ4n) is 3.89. The minimum atomic E-state index is 0.622. The summed E-state index contributed by atoms with van der Waals surface area (Å²) in [5.74, 6) is 2.84. The van der Waals surface area contributed by atoms with Gasteiger partial charge in [0, 0.05) is 10.9 Å². The van der Waals surface area contributed by atoms with Crippen LogP contribution in [0.3, 0.4) is 0 Å². The summed E-state index contributed by atoms with van der Waals surface area (Å²) < 4.78 is 0. The molecular weight excluding hydrogens is 274 g/mol. The van der Waals surface area contributed by atoms with E-state index in [-0.39, 0.29) is 0 Å². The highest BCUT2D eigenvalue weighted by Gasteiger charge is 2.29. The van der Waals surface area contributed by atoms with Gasteiger partial charge in [0.1, 0.15) is 0 Å². The summed E-state index contributed by atoms with van der Waals surface area (Å²) in [5, 5.41) is 5.90. The highest BCUT2D eigenvalue weighted by Crippen LogP contribution is 2.38. The molecule has 0 spiro atoms. The zero-order valence-electron chi connectivity index (χ0n) is 14.1. The number of nitrogens with one attached hydrogen (secondary N) is 1. The highest BCUT2D eigenvalue weighted by molar-refractivity contribution is 7.09. The van der Waals surface area contributed by atoms with E-state index in [1.165, 1.54) is 51.5 Å². The number of thiophene rings is 1. The van der Waals surface area contributed by atoms with Crippen LogP contribution in [0.1, 0.15) is 64.2 Å². The fraction of sp³-hybridized carbons (Fsp3) is 0.789. The number of hydrogen-bond donors (Lipinski definition) is 1. The van der Waals surface area contributed by atoms with Crippen molar-refractivity contribution in [2.24, 2.45) is 17.8 Å². The molecule has 1 aromatic heterocycles. The second-order valence-corrected chi connectivity index (χ2v) is 8.20. The lowest BCUT2D eigenvalue weighted by Gasteiger charge is -2.37. The molecule has 0 bridgehead atoms. The Kier molecular flexibility index (Phi) is 7.25. The SMILES string of the molecule is CCCC1CCC(CNC(C)C)C(CCc2cccs2)C1. The topological polar surface area (TPSA) is 12.0 Å². The van der Waals surface area contributed by atoms with Gasteiger partial charge in [0.25, 0.3) is 0 Å². The van der Waals surface area contributed by atoms with E-state index >= 15 is 0 Å². The van der Waals surface area contributed by atoms with Crippen LogP contribution in [0, 0.1) is 17.8 Å². The Morgan fingerprint density at radius 1 is 1.24 bits per heavy atom. The van der Waals surface area contributed by atoms with E-state index in [4.69, 9.17) is 0 Å². The third kappa shape index (κ3) is 5.75. The first kappa shape index (κ1) is 17.0. The molecule has 1 nitrogen and oxygen atoms in total. The molecule has 1 aliphatic rings. The summed E-state index contributed by atoms with van der Waals surface area (Å²) >= 11 is 1.93. The van der Waals surface area contributed by atoms with Gasteiger partial charge in [0.05, 0.1) is 0 Å². The third-order valence-corrected chi connectivity index (χ3v) is 6.01. The van der Waals surface area contributed by atoms with Crippen molar-refractivity contribution in [3.05, 3.63) is 22.4 Å². The van der Waals surface area contributed by atoms with Crippen LogP contribution in [0.2, 0.25) is 0 Å². The summed E-state index contributed by atoms with van der Waals surface area (Å²) in [5.41, 5.74) is 0. The molecule has 3 unspecified atom stereocenters. The van der Waals surface area contributed by atoms with Crippen LogP contribution in [0.25, 0.3) is 0 Å². The Labute approximate surface area is 135 Å². The van der Waals surface area contributed by atoms with Gasteiger partial charge >= 0.3 is 0 Å². The fourth-order valence-corrected chi connectivity index (χ4v) is 4.61. The molecule has 1 aliphatic carbocycles. The van der Waals surface area contributed by atoms with Crippen molar-refractivity contribution in [2.45, 2.75) is 71.8 Å². The van der Waals surface area contributed by atoms with Gasteiger partial charge in [0.15, 0.2) is 0 Å². The first-order chi connectivity index (χ1) is 10.2. The Hall–Kier alpha value is -0.340. The molecule has 1 saturated carbocycles.